The number of phenolic OH excluding ortho intramolecular Hbond substituents is 1. The van der Waals surface area contributed by atoms with Crippen LogP contribution in [-0.4, -0.2) is 10.7 Å². The fourth-order valence-corrected chi connectivity index (χ4v) is 7.10. The lowest BCUT2D eigenvalue weighted by atomic mass is 8.99. The van der Waals surface area contributed by atoms with E-state index in [0.717, 1.165) is 52.7 Å². The van der Waals surface area contributed by atoms with Gasteiger partial charge in [0.15, 0.2) is 0 Å². The quantitative estimate of drug-likeness (QED) is 0.935. The Kier molecular flexibility index (Phi) is 1.42. The molecule has 2 aromatic rings. The molecule has 108 valence electrons. The van der Waals surface area contributed by atoms with Crippen LogP contribution >= 0.6 is 0 Å². The second-order valence-electron chi connectivity index (χ2n) is 7.91. The maximum atomic E-state index is 9.38. The van der Waals surface area contributed by atoms with Gasteiger partial charge in [-0.2, -0.15) is 0 Å². The first-order valence-electron chi connectivity index (χ1n) is 8.39. The Labute approximate surface area is 128 Å². The molecule has 22 heavy (non-hydrogen) atoms. The predicted molar refractivity (Wildman–Crippen MR) is 81.3 cm³/mol. The summed E-state index contributed by atoms with van der Waals surface area (Å²) in [5, 5.41) is 9.38. The van der Waals surface area contributed by atoms with Crippen LogP contribution in [0.25, 0.3) is 11.1 Å². The Morgan fingerprint density at radius 2 is 1.18 bits per heavy atom. The molecule has 0 unspecified atom stereocenters. The molecular formula is C20H16O2. The number of phenols is 1. The predicted octanol–water partition coefficient (Wildman–Crippen LogP) is 3.56. The summed E-state index contributed by atoms with van der Waals surface area (Å²) in [5.74, 6) is 8.46. The Morgan fingerprint density at radius 3 is 1.73 bits per heavy atom. The van der Waals surface area contributed by atoms with Crippen LogP contribution in [0.4, 0.5) is 0 Å². The molecule has 0 bridgehead atoms. The van der Waals surface area contributed by atoms with Crippen molar-refractivity contribution in [2.24, 2.45) is 41.4 Å². The topological polar surface area (TPSA) is 29.5 Å². The van der Waals surface area contributed by atoms with Crippen molar-refractivity contribution in [1.82, 2.24) is 0 Å². The monoisotopic (exact) mass is 288 g/mol. The van der Waals surface area contributed by atoms with Gasteiger partial charge in [-0.15, -0.1) is 0 Å². The van der Waals surface area contributed by atoms with Gasteiger partial charge in [-0.1, -0.05) is 24.3 Å². The molecule has 6 aliphatic rings. The second kappa shape index (κ2) is 2.92. The summed E-state index contributed by atoms with van der Waals surface area (Å²) in [6, 6.07) is 15.8. The van der Waals surface area contributed by atoms with Gasteiger partial charge in [0.05, 0.1) is 0 Å². The number of hydrogen-bond acceptors (Lipinski definition) is 2. The maximum absolute atomic E-state index is 9.38. The third-order valence-corrected chi connectivity index (χ3v) is 7.73. The summed E-state index contributed by atoms with van der Waals surface area (Å²) in [6.45, 7) is 0. The number of rotatable bonds is 3. The summed E-state index contributed by atoms with van der Waals surface area (Å²) in [6.07, 6.45) is 0. The van der Waals surface area contributed by atoms with Crippen LogP contribution in [0.15, 0.2) is 48.5 Å². The van der Waals surface area contributed by atoms with E-state index in [1.165, 1.54) is 5.56 Å². The summed E-state index contributed by atoms with van der Waals surface area (Å²) in [7, 11) is 0. The van der Waals surface area contributed by atoms with Crippen molar-refractivity contribution in [3.63, 3.8) is 0 Å². The van der Waals surface area contributed by atoms with Crippen molar-refractivity contribution in [2.45, 2.75) is 5.60 Å². The third kappa shape index (κ3) is 0.798. The van der Waals surface area contributed by atoms with Gasteiger partial charge in [-0.25, -0.2) is 0 Å². The standard InChI is InChI=1S/C20H16O2/c21-11-5-1-9(2-6-11)10-3-7-12(8-4-10)22-20-17-14-13-15(17)19(20)16(13)18(14)20/h1-8,13-19,21H. The average Bonchev–Trinajstić information content (AvgIpc) is 2.57. The molecule has 0 atom stereocenters. The van der Waals surface area contributed by atoms with Crippen LogP contribution in [0.5, 0.6) is 11.5 Å². The van der Waals surface area contributed by atoms with E-state index in [1.54, 1.807) is 12.1 Å². The summed E-state index contributed by atoms with van der Waals surface area (Å²) in [4.78, 5) is 0. The molecule has 0 radical (unpaired) electrons. The van der Waals surface area contributed by atoms with Gasteiger partial charge in [0.25, 0.3) is 0 Å². The van der Waals surface area contributed by atoms with Crippen LogP contribution in [0.3, 0.4) is 0 Å². The maximum Gasteiger partial charge on any atom is 0.120 e. The van der Waals surface area contributed by atoms with Gasteiger partial charge in [-0.3, -0.25) is 0 Å². The van der Waals surface area contributed by atoms with Gasteiger partial charge in [0.2, 0.25) is 0 Å². The molecule has 0 aliphatic heterocycles. The molecule has 6 saturated carbocycles. The van der Waals surface area contributed by atoms with Crippen molar-refractivity contribution < 1.29 is 9.84 Å². The first-order chi connectivity index (χ1) is 10.8. The number of aromatic hydroxyl groups is 1. The lowest BCUT2D eigenvalue weighted by Gasteiger charge is -3.05. The second-order valence-corrected chi connectivity index (χ2v) is 7.91. The molecular weight excluding hydrogens is 272 g/mol. The lowest BCUT2D eigenvalue weighted by Crippen LogP contribution is -3.09. The van der Waals surface area contributed by atoms with Gasteiger partial charge < -0.3 is 9.84 Å². The highest BCUT2D eigenvalue weighted by molar-refractivity contribution is 5.65. The Hall–Kier alpha value is -1.96. The van der Waals surface area contributed by atoms with Crippen molar-refractivity contribution in [1.29, 1.82) is 0 Å². The van der Waals surface area contributed by atoms with Gasteiger partial charge in [0.1, 0.15) is 17.1 Å². The molecule has 0 aromatic heterocycles. The molecule has 6 aliphatic carbocycles. The minimum absolute atomic E-state index is 0.287. The molecule has 6 fully saturated rings. The molecule has 2 nitrogen and oxygen atoms in total. The molecule has 1 N–H and O–H groups in total. The van der Waals surface area contributed by atoms with Crippen LogP contribution in [0.2, 0.25) is 0 Å². The van der Waals surface area contributed by atoms with E-state index < -0.39 is 0 Å². The molecule has 0 spiro atoms. The zero-order valence-electron chi connectivity index (χ0n) is 12.0. The number of benzene rings is 2. The zero-order chi connectivity index (χ0) is 14.2. The molecule has 2 aromatic carbocycles. The summed E-state index contributed by atoms with van der Waals surface area (Å²) in [5.41, 5.74) is 2.58. The molecule has 0 amide bonds. The van der Waals surface area contributed by atoms with Crippen molar-refractivity contribution in [3.05, 3.63) is 48.5 Å². The fraction of sp³-hybridized carbons (Fsp3) is 0.400. The number of ether oxygens (including phenoxy) is 1. The van der Waals surface area contributed by atoms with E-state index in [4.69, 9.17) is 4.74 Å². The highest BCUT2D eigenvalue weighted by Crippen LogP contribution is 3.02. The van der Waals surface area contributed by atoms with E-state index >= 15 is 0 Å². The first kappa shape index (κ1) is 10.7. The zero-order valence-corrected chi connectivity index (χ0v) is 12.0. The summed E-state index contributed by atoms with van der Waals surface area (Å²) < 4.78 is 6.49. The first-order valence-corrected chi connectivity index (χ1v) is 8.39. The lowest BCUT2D eigenvalue weighted by molar-refractivity contribution is -0.613. The fourth-order valence-electron chi connectivity index (χ4n) is 7.10. The highest BCUT2D eigenvalue weighted by atomic mass is 16.5. The van der Waals surface area contributed by atoms with Gasteiger partial charge in [0, 0.05) is 17.8 Å². The molecule has 8 rings (SSSR count). The van der Waals surface area contributed by atoms with Crippen molar-refractivity contribution >= 4 is 0 Å². The largest absolute Gasteiger partial charge is 0.508 e. The molecule has 2 heteroatoms. The van der Waals surface area contributed by atoms with Crippen LogP contribution in [0.1, 0.15) is 0 Å². The van der Waals surface area contributed by atoms with E-state index in [9.17, 15) is 5.11 Å². The van der Waals surface area contributed by atoms with E-state index in [2.05, 4.69) is 24.3 Å². The van der Waals surface area contributed by atoms with Crippen LogP contribution in [0, 0.1) is 41.4 Å². The minimum Gasteiger partial charge on any atom is -0.508 e. The third-order valence-electron chi connectivity index (χ3n) is 7.73. The van der Waals surface area contributed by atoms with Crippen LogP contribution < -0.4 is 4.74 Å². The van der Waals surface area contributed by atoms with Gasteiger partial charge >= 0.3 is 0 Å². The van der Waals surface area contributed by atoms with Crippen LogP contribution in [-0.2, 0) is 0 Å². The average molecular weight is 288 g/mol. The highest BCUT2D eigenvalue weighted by Gasteiger charge is 3.06. The van der Waals surface area contributed by atoms with E-state index in [-0.39, 0.29) is 5.60 Å². The van der Waals surface area contributed by atoms with Crippen molar-refractivity contribution in [2.75, 3.05) is 0 Å². The van der Waals surface area contributed by atoms with E-state index in [0.29, 0.717) is 5.75 Å². The normalized spacial score (nSPS) is 49.7. The smallest absolute Gasteiger partial charge is 0.120 e. The Bertz CT molecular complexity index is 769. The molecule has 0 heterocycles. The Balaban J connectivity index is 1.17. The number of hydrogen-bond donors (Lipinski definition) is 1. The SMILES string of the molecule is Oc1ccc(-c2ccc(OC34C5C6C7C5C3C7C64)cc2)cc1. The Morgan fingerprint density at radius 1 is 0.682 bits per heavy atom. The molecule has 0 saturated heterocycles. The van der Waals surface area contributed by atoms with Gasteiger partial charge in [-0.05, 0) is 59.1 Å². The summed E-state index contributed by atoms with van der Waals surface area (Å²) >= 11 is 0. The minimum atomic E-state index is 0.287. The van der Waals surface area contributed by atoms with Crippen molar-refractivity contribution in [3.8, 4) is 22.6 Å². The van der Waals surface area contributed by atoms with E-state index in [1.807, 2.05) is 12.1 Å².